The fraction of sp³-hybridized carbons (Fsp3) is 0.333. The number of hydrogen-bond donors (Lipinski definition) is 3. The number of hydrogen-bond acceptors (Lipinski definition) is 3. The minimum Gasteiger partial charge on any atom is -0.350 e. The van der Waals surface area contributed by atoms with E-state index >= 15 is 0 Å². The normalized spacial score (nSPS) is 16.7. The third-order valence-electron chi connectivity index (χ3n) is 4.84. The number of carbonyl (C=O) groups excluding carboxylic acids is 2. The molecule has 0 saturated carbocycles. The summed E-state index contributed by atoms with van der Waals surface area (Å²) in [5.41, 5.74) is 1.94. The largest absolute Gasteiger partial charge is 0.350 e. The molecule has 1 fully saturated rings. The van der Waals surface area contributed by atoms with Gasteiger partial charge in [0, 0.05) is 29.5 Å². The summed E-state index contributed by atoms with van der Waals surface area (Å²) in [6.07, 6.45) is 2.33. The van der Waals surface area contributed by atoms with Crippen LogP contribution in [0, 0.1) is 0 Å². The van der Waals surface area contributed by atoms with E-state index in [2.05, 4.69) is 27.8 Å². The Kier molecular flexibility index (Phi) is 6.44. The Morgan fingerprint density at radius 1 is 1.00 bits per heavy atom. The number of anilines is 2. The van der Waals surface area contributed by atoms with E-state index in [0.29, 0.717) is 23.8 Å². The fourth-order valence-corrected chi connectivity index (χ4v) is 3.38. The molecular formula is C21H26N4O2. The van der Waals surface area contributed by atoms with Gasteiger partial charge in [-0.1, -0.05) is 25.1 Å². The van der Waals surface area contributed by atoms with Gasteiger partial charge in [-0.2, -0.15) is 0 Å². The third kappa shape index (κ3) is 5.31. The molecule has 6 nitrogen and oxygen atoms in total. The van der Waals surface area contributed by atoms with E-state index in [0.717, 1.165) is 25.2 Å². The number of likely N-dealkylation sites (tertiary alicyclic amines) is 1. The van der Waals surface area contributed by atoms with Crippen molar-refractivity contribution in [2.75, 3.05) is 30.3 Å². The van der Waals surface area contributed by atoms with Crippen molar-refractivity contribution in [3.8, 4) is 0 Å². The molecule has 0 spiro atoms. The van der Waals surface area contributed by atoms with Crippen LogP contribution in [0.2, 0.25) is 0 Å². The molecule has 3 N–H and O–H groups in total. The van der Waals surface area contributed by atoms with Crippen molar-refractivity contribution in [2.24, 2.45) is 0 Å². The van der Waals surface area contributed by atoms with Crippen molar-refractivity contribution in [1.29, 1.82) is 0 Å². The van der Waals surface area contributed by atoms with Gasteiger partial charge in [0.25, 0.3) is 5.91 Å². The number of para-hydroxylation sites is 1. The molecule has 1 saturated heterocycles. The summed E-state index contributed by atoms with van der Waals surface area (Å²) < 4.78 is 0. The highest BCUT2D eigenvalue weighted by molar-refractivity contribution is 6.00. The molecule has 1 atom stereocenters. The maximum absolute atomic E-state index is 12.3. The number of likely N-dealkylation sites (N-methyl/N-ethyl adjacent to an activating group) is 1. The van der Waals surface area contributed by atoms with E-state index in [-0.39, 0.29) is 11.9 Å². The van der Waals surface area contributed by atoms with Crippen LogP contribution in [0.1, 0.15) is 30.1 Å². The van der Waals surface area contributed by atoms with Crippen LogP contribution in [0.15, 0.2) is 54.6 Å². The topological polar surface area (TPSA) is 73.5 Å². The number of benzene rings is 2. The smallest absolute Gasteiger partial charge is 0.323 e. The van der Waals surface area contributed by atoms with Crippen LogP contribution in [0.3, 0.4) is 0 Å². The van der Waals surface area contributed by atoms with E-state index < -0.39 is 0 Å². The lowest BCUT2D eigenvalue weighted by atomic mass is 10.1. The highest BCUT2D eigenvalue weighted by Crippen LogP contribution is 2.16. The zero-order valence-electron chi connectivity index (χ0n) is 15.6. The minimum atomic E-state index is -0.320. The van der Waals surface area contributed by atoms with Crippen molar-refractivity contribution < 1.29 is 9.59 Å². The molecule has 1 aliphatic heterocycles. The standard InChI is InChI=1S/C21H26N4O2/c1-2-25-14-6-9-19(25)15-22-20(26)16-10-12-18(13-11-16)24-21(27)23-17-7-4-3-5-8-17/h3-5,7-8,10-13,19H,2,6,9,14-15H2,1H3,(H,22,26)(H2,23,24,27). The molecule has 0 radical (unpaired) electrons. The first kappa shape index (κ1) is 18.9. The number of nitrogens with zero attached hydrogens (tertiary/aromatic N) is 1. The second-order valence-corrected chi connectivity index (χ2v) is 6.66. The second-order valence-electron chi connectivity index (χ2n) is 6.66. The van der Waals surface area contributed by atoms with Crippen LogP contribution < -0.4 is 16.0 Å². The van der Waals surface area contributed by atoms with Crippen LogP contribution in [0.4, 0.5) is 16.2 Å². The first-order valence-corrected chi connectivity index (χ1v) is 9.41. The Balaban J connectivity index is 1.49. The molecule has 1 aliphatic rings. The van der Waals surface area contributed by atoms with Crippen LogP contribution in [0.5, 0.6) is 0 Å². The molecule has 1 unspecified atom stereocenters. The lowest BCUT2D eigenvalue weighted by Gasteiger charge is -2.22. The lowest BCUT2D eigenvalue weighted by molar-refractivity contribution is 0.0941. The molecule has 142 valence electrons. The molecule has 0 aromatic heterocycles. The van der Waals surface area contributed by atoms with Crippen LogP contribution in [-0.4, -0.2) is 42.5 Å². The molecule has 1 heterocycles. The van der Waals surface area contributed by atoms with Gasteiger partial charge in [-0.05, 0) is 62.3 Å². The molecule has 2 aromatic carbocycles. The van der Waals surface area contributed by atoms with E-state index in [4.69, 9.17) is 0 Å². The first-order chi connectivity index (χ1) is 13.2. The molecule has 3 rings (SSSR count). The SMILES string of the molecule is CCN1CCCC1CNC(=O)c1ccc(NC(=O)Nc2ccccc2)cc1. The van der Waals surface area contributed by atoms with Crippen LogP contribution in [-0.2, 0) is 0 Å². The molecule has 6 heteroatoms. The minimum absolute atomic E-state index is 0.0850. The Labute approximate surface area is 159 Å². The van der Waals surface area contributed by atoms with Crippen molar-refractivity contribution in [3.05, 3.63) is 60.2 Å². The summed E-state index contributed by atoms with van der Waals surface area (Å²) >= 11 is 0. The van der Waals surface area contributed by atoms with Gasteiger partial charge in [-0.3, -0.25) is 9.69 Å². The summed E-state index contributed by atoms with van der Waals surface area (Å²) in [5, 5.41) is 8.53. The van der Waals surface area contributed by atoms with Crippen molar-refractivity contribution in [2.45, 2.75) is 25.8 Å². The van der Waals surface area contributed by atoms with Crippen LogP contribution >= 0.6 is 0 Å². The van der Waals surface area contributed by atoms with Crippen molar-refractivity contribution >= 4 is 23.3 Å². The van der Waals surface area contributed by atoms with Gasteiger partial charge in [0.05, 0.1) is 0 Å². The van der Waals surface area contributed by atoms with E-state index in [9.17, 15) is 9.59 Å². The third-order valence-corrected chi connectivity index (χ3v) is 4.84. The average Bonchev–Trinajstić information content (AvgIpc) is 3.15. The first-order valence-electron chi connectivity index (χ1n) is 9.41. The molecule has 3 amide bonds. The fourth-order valence-electron chi connectivity index (χ4n) is 3.38. The van der Waals surface area contributed by atoms with E-state index in [1.54, 1.807) is 24.3 Å². The molecule has 0 bridgehead atoms. The lowest BCUT2D eigenvalue weighted by Crippen LogP contribution is -2.40. The summed E-state index contributed by atoms with van der Waals surface area (Å²) in [4.78, 5) is 26.7. The van der Waals surface area contributed by atoms with Gasteiger partial charge in [0.2, 0.25) is 0 Å². The summed E-state index contributed by atoms with van der Waals surface area (Å²) in [7, 11) is 0. The number of rotatable bonds is 6. The Morgan fingerprint density at radius 2 is 1.67 bits per heavy atom. The van der Waals surface area contributed by atoms with E-state index in [1.165, 1.54) is 6.42 Å². The average molecular weight is 366 g/mol. The highest BCUT2D eigenvalue weighted by Gasteiger charge is 2.23. The maximum atomic E-state index is 12.3. The molecule has 2 aromatic rings. The van der Waals surface area contributed by atoms with Gasteiger partial charge in [0.15, 0.2) is 0 Å². The monoisotopic (exact) mass is 366 g/mol. The predicted octanol–water partition coefficient (Wildman–Crippen LogP) is 3.54. The van der Waals surface area contributed by atoms with Crippen LogP contribution in [0.25, 0.3) is 0 Å². The van der Waals surface area contributed by atoms with E-state index in [1.807, 2.05) is 30.3 Å². The Morgan fingerprint density at radius 3 is 2.33 bits per heavy atom. The number of urea groups is 1. The van der Waals surface area contributed by atoms with Crippen molar-refractivity contribution in [1.82, 2.24) is 10.2 Å². The Bertz CT molecular complexity index is 762. The zero-order valence-corrected chi connectivity index (χ0v) is 15.6. The van der Waals surface area contributed by atoms with Gasteiger partial charge in [0.1, 0.15) is 0 Å². The number of nitrogens with one attached hydrogen (secondary N) is 3. The number of carbonyl (C=O) groups is 2. The quantitative estimate of drug-likeness (QED) is 0.732. The zero-order chi connectivity index (χ0) is 19.1. The summed E-state index contributed by atoms with van der Waals surface area (Å²) in [6, 6.07) is 16.2. The Hall–Kier alpha value is -2.86. The van der Waals surface area contributed by atoms with Gasteiger partial charge < -0.3 is 16.0 Å². The van der Waals surface area contributed by atoms with Gasteiger partial charge in [-0.15, -0.1) is 0 Å². The van der Waals surface area contributed by atoms with Crippen molar-refractivity contribution in [3.63, 3.8) is 0 Å². The van der Waals surface area contributed by atoms with Gasteiger partial charge in [-0.25, -0.2) is 4.79 Å². The summed E-state index contributed by atoms with van der Waals surface area (Å²) in [6.45, 7) is 4.96. The predicted molar refractivity (Wildman–Crippen MR) is 108 cm³/mol. The molecule has 0 aliphatic carbocycles. The second kappa shape index (κ2) is 9.19. The van der Waals surface area contributed by atoms with Gasteiger partial charge >= 0.3 is 6.03 Å². The molecular weight excluding hydrogens is 340 g/mol. The summed E-state index contributed by atoms with van der Waals surface area (Å²) in [5.74, 6) is -0.0850. The molecule has 27 heavy (non-hydrogen) atoms. The maximum Gasteiger partial charge on any atom is 0.323 e. The number of amides is 3. The highest BCUT2D eigenvalue weighted by atomic mass is 16.2.